The van der Waals surface area contributed by atoms with E-state index in [9.17, 15) is 0 Å². The molecule has 0 unspecified atom stereocenters. The van der Waals surface area contributed by atoms with Crippen molar-refractivity contribution in [1.29, 1.82) is 0 Å². The number of hydrogen-bond donors (Lipinski definition) is 0. The van der Waals surface area contributed by atoms with Crippen molar-refractivity contribution in [1.82, 2.24) is 0 Å². The topological polar surface area (TPSA) is 0 Å². The van der Waals surface area contributed by atoms with E-state index in [-0.39, 0.29) is 0 Å². The Kier molecular flexibility index (Phi) is 3.15. The molecule has 0 spiro atoms. The van der Waals surface area contributed by atoms with Gasteiger partial charge in [-0.1, -0.05) is 0 Å². The molecule has 0 fully saturated rings. The van der Waals surface area contributed by atoms with Crippen molar-refractivity contribution in [3.8, 4) is 0 Å². The van der Waals surface area contributed by atoms with Crippen LogP contribution in [0.3, 0.4) is 0 Å². The van der Waals surface area contributed by atoms with E-state index >= 15 is 0 Å². The Labute approximate surface area is 43.2 Å². The summed E-state index contributed by atoms with van der Waals surface area (Å²) < 4.78 is 0. The van der Waals surface area contributed by atoms with Gasteiger partial charge in [0, 0.05) is 0 Å². The van der Waals surface area contributed by atoms with Crippen LogP contribution in [0.25, 0.3) is 0 Å². The third-order valence-electron chi connectivity index (χ3n) is 0.816. The molecule has 0 aliphatic rings. The van der Waals surface area contributed by atoms with Crippen molar-refractivity contribution >= 4 is 17.7 Å². The van der Waals surface area contributed by atoms with Gasteiger partial charge in [0.2, 0.25) is 0 Å². The van der Waals surface area contributed by atoms with Crippen LogP contribution in [0.15, 0.2) is 0 Å². The normalized spacial score (nSPS) is 9.80. The van der Waals surface area contributed by atoms with Crippen molar-refractivity contribution < 1.29 is 0 Å². The van der Waals surface area contributed by atoms with Crippen LogP contribution < -0.4 is 0 Å². The molecule has 5 heavy (non-hydrogen) atoms. The summed E-state index contributed by atoms with van der Waals surface area (Å²) in [7, 11) is 0. The summed E-state index contributed by atoms with van der Waals surface area (Å²) in [5.41, 5.74) is 0. The van der Waals surface area contributed by atoms with E-state index in [0.29, 0.717) is 0 Å². The van der Waals surface area contributed by atoms with Crippen molar-refractivity contribution in [3.63, 3.8) is 0 Å². The Morgan fingerprint density at radius 1 is 1.60 bits per heavy atom. The van der Waals surface area contributed by atoms with Gasteiger partial charge in [0.05, 0.1) is 0 Å². The first-order chi connectivity index (χ1) is 2.27. The van der Waals surface area contributed by atoms with Crippen LogP contribution in [0, 0.1) is 5.92 Å². The van der Waals surface area contributed by atoms with Gasteiger partial charge < -0.3 is 0 Å². The summed E-state index contributed by atoms with van der Waals surface area (Å²) >= 11 is 2.20. The molecule has 0 aliphatic carbocycles. The average Bonchev–Trinajstić information content (AvgIpc) is 1.38. The van der Waals surface area contributed by atoms with E-state index in [1.54, 1.807) is 0 Å². The third kappa shape index (κ3) is 4.60. The molecular weight excluding hydrogens is 126 g/mol. The number of hydrogen-bond acceptors (Lipinski definition) is 0. The van der Waals surface area contributed by atoms with E-state index in [0.717, 1.165) is 5.92 Å². The fraction of sp³-hybridized carbons (Fsp3) is 1.00. The second-order valence-electron chi connectivity index (χ2n) is 1.80. The maximum atomic E-state index is 2.22. The molecule has 0 radical (unpaired) electrons. The first-order valence-corrected chi connectivity index (χ1v) is 2.27. The minimum absolute atomic E-state index is 0.884. The second kappa shape index (κ2) is 2.81. The van der Waals surface area contributed by atoms with Gasteiger partial charge in [0.1, 0.15) is 0 Å². The van der Waals surface area contributed by atoms with Crippen LogP contribution in [0.4, 0.5) is 0 Å². The van der Waals surface area contributed by atoms with Gasteiger partial charge in [0.25, 0.3) is 0 Å². The molecular formula is C4H9Li. The molecule has 26 valence electrons. The molecule has 0 N–H and O–H groups in total. The van der Waals surface area contributed by atoms with E-state index < -0.39 is 0 Å². The summed E-state index contributed by atoms with van der Waals surface area (Å²) in [6.45, 7) is 4.44. The first-order valence-electron chi connectivity index (χ1n) is 2.27. The average molecular weight is 135 g/mol. The maximum absolute atomic E-state index is 2.22. The van der Waals surface area contributed by atoms with Gasteiger partial charge in [-0.2, -0.15) is 0 Å². The zero-order valence-corrected chi connectivity index (χ0v) is 4.28. The molecule has 0 heterocycles. The molecule has 0 aromatic carbocycles. The summed E-state index contributed by atoms with van der Waals surface area (Å²) in [5.74, 6) is 0.884. The quantitative estimate of drug-likeness (QED) is 0.474. The van der Waals surface area contributed by atoms with Gasteiger partial charge in [-0.05, 0) is 0 Å². The SMILES string of the molecule is [78Li][CH2]C(C)C. The molecule has 0 aromatic heterocycles. The van der Waals surface area contributed by atoms with E-state index in [4.69, 9.17) is 0 Å². The van der Waals surface area contributed by atoms with Gasteiger partial charge in [-0.3, -0.25) is 0 Å². The van der Waals surface area contributed by atoms with E-state index in [2.05, 4.69) is 31.6 Å². The molecule has 0 saturated heterocycles. The van der Waals surface area contributed by atoms with E-state index in [1.165, 1.54) is 5.09 Å². The summed E-state index contributed by atoms with van der Waals surface area (Å²) in [4.78, 5) is 0. The molecule has 0 aromatic rings. The Hall–Kier alpha value is 0.597. The third-order valence-corrected chi connectivity index (χ3v) is 0.816. The predicted molar refractivity (Wildman–Crippen MR) is 25.4 cm³/mol. The zero-order chi connectivity index (χ0) is 4.28. The Bertz CT molecular complexity index is 17.6. The van der Waals surface area contributed by atoms with Crippen molar-refractivity contribution in [2.24, 2.45) is 5.92 Å². The van der Waals surface area contributed by atoms with Gasteiger partial charge in [0.15, 0.2) is 0 Å². The molecule has 0 atom stereocenters. The standard InChI is InChI=1S/C4H9.Li/c1-4(2)3;/h4H,1H2,2-3H3;/i;1+71. The molecule has 0 amide bonds. The second-order valence-corrected chi connectivity index (χ2v) is 1.80. The van der Waals surface area contributed by atoms with Crippen LogP contribution in [-0.4, -0.2) is 17.7 Å². The van der Waals surface area contributed by atoms with Crippen LogP contribution >= 0.6 is 0 Å². The first kappa shape index (κ1) is 5.60. The summed E-state index contributed by atoms with van der Waals surface area (Å²) in [5, 5.41) is 1.31. The van der Waals surface area contributed by atoms with Crippen LogP contribution in [-0.2, 0) is 0 Å². The fourth-order valence-electron chi connectivity index (χ4n) is 0. The predicted octanol–water partition coefficient (Wildman–Crippen LogP) is 1.23. The van der Waals surface area contributed by atoms with Gasteiger partial charge >= 0.3 is 42.6 Å². The molecule has 0 rings (SSSR count). The summed E-state index contributed by atoms with van der Waals surface area (Å²) in [6, 6.07) is 0. The van der Waals surface area contributed by atoms with E-state index in [1.807, 2.05) is 0 Å². The van der Waals surface area contributed by atoms with Crippen LogP contribution in [0.1, 0.15) is 13.8 Å². The van der Waals surface area contributed by atoms with Gasteiger partial charge in [-0.25, -0.2) is 0 Å². The van der Waals surface area contributed by atoms with Crippen molar-refractivity contribution in [2.75, 3.05) is 0 Å². The molecule has 1 heteroatoms. The monoisotopic (exact) mass is 135 g/mol. The van der Waals surface area contributed by atoms with Gasteiger partial charge in [-0.15, -0.1) is 0 Å². The molecule has 0 bridgehead atoms. The Morgan fingerprint density at radius 2 is 1.80 bits per heavy atom. The Morgan fingerprint density at radius 3 is 1.80 bits per heavy atom. The minimum atomic E-state index is 0.884. The zero-order valence-electron chi connectivity index (χ0n) is 4.28. The van der Waals surface area contributed by atoms with Crippen LogP contribution in [0.5, 0.6) is 0 Å². The fourth-order valence-corrected chi connectivity index (χ4v) is 0. The Balaban J connectivity index is 2.54. The molecule has 0 nitrogen and oxygen atoms in total. The van der Waals surface area contributed by atoms with Crippen molar-refractivity contribution in [3.05, 3.63) is 0 Å². The number of rotatable bonds is 1. The molecule has 0 saturated carbocycles. The van der Waals surface area contributed by atoms with Crippen LogP contribution in [0.2, 0.25) is 5.09 Å². The summed E-state index contributed by atoms with van der Waals surface area (Å²) in [6.07, 6.45) is 0. The molecule has 0 aliphatic heterocycles. The van der Waals surface area contributed by atoms with Crippen molar-refractivity contribution in [2.45, 2.75) is 18.9 Å².